The number of rotatable bonds is 2. The van der Waals surface area contributed by atoms with E-state index in [1.807, 2.05) is 22.6 Å². The lowest BCUT2D eigenvalue weighted by molar-refractivity contribution is -0.276. The van der Waals surface area contributed by atoms with Gasteiger partial charge in [-0.2, -0.15) is 0 Å². The average molecular weight is 351 g/mol. The maximum Gasteiger partial charge on any atom is 0.574 e. The van der Waals surface area contributed by atoms with Crippen molar-refractivity contribution in [2.45, 2.75) is 19.2 Å². The topological polar surface area (TPSA) is 22.1 Å². The van der Waals surface area contributed by atoms with Crippen LogP contribution in [0.25, 0.3) is 0 Å². The van der Waals surface area contributed by atoms with Crippen LogP contribution in [0.4, 0.5) is 13.2 Å². The van der Waals surface area contributed by atoms with Crippen molar-refractivity contribution in [1.29, 1.82) is 0 Å². The van der Waals surface area contributed by atoms with Gasteiger partial charge in [0.1, 0.15) is 3.70 Å². The van der Waals surface area contributed by atoms with Crippen molar-refractivity contribution in [3.63, 3.8) is 0 Å². The number of hydrogen-bond acceptors (Lipinski definition) is 2. The number of aryl methyl sites for hydroxylation is 1. The Morgan fingerprint density at radius 2 is 2.13 bits per heavy atom. The fraction of sp³-hybridized carbons (Fsp3) is 0.375. The van der Waals surface area contributed by atoms with Crippen molar-refractivity contribution in [2.75, 3.05) is 0 Å². The molecule has 1 heterocycles. The molecule has 0 saturated heterocycles. The quantitative estimate of drug-likeness (QED) is 0.461. The second-order valence-electron chi connectivity index (χ2n) is 2.74. The summed E-state index contributed by atoms with van der Waals surface area (Å²) >= 11 is 7.33. The number of halogens is 5. The van der Waals surface area contributed by atoms with Crippen LogP contribution in [0.1, 0.15) is 11.1 Å². The van der Waals surface area contributed by atoms with Gasteiger partial charge in [0.05, 0.1) is 5.88 Å². The van der Waals surface area contributed by atoms with E-state index in [4.69, 9.17) is 11.6 Å². The van der Waals surface area contributed by atoms with Gasteiger partial charge in [-0.05, 0) is 41.1 Å². The van der Waals surface area contributed by atoms with Crippen LogP contribution in [0.3, 0.4) is 0 Å². The molecule has 0 fully saturated rings. The Labute approximate surface area is 103 Å². The maximum absolute atomic E-state index is 12.0. The summed E-state index contributed by atoms with van der Waals surface area (Å²) in [7, 11) is 0. The number of aromatic nitrogens is 1. The summed E-state index contributed by atoms with van der Waals surface area (Å²) in [4.78, 5) is 3.69. The molecule has 2 nitrogen and oxygen atoms in total. The molecule has 7 heteroatoms. The maximum atomic E-state index is 12.0. The predicted octanol–water partition coefficient (Wildman–Crippen LogP) is 3.63. The van der Waals surface area contributed by atoms with E-state index < -0.39 is 12.2 Å². The van der Waals surface area contributed by atoms with Crippen molar-refractivity contribution < 1.29 is 17.9 Å². The van der Waals surface area contributed by atoms with Gasteiger partial charge < -0.3 is 4.74 Å². The Hall–Kier alpha value is -0.240. The first kappa shape index (κ1) is 12.8. The highest BCUT2D eigenvalue weighted by Gasteiger charge is 2.33. The van der Waals surface area contributed by atoms with E-state index in [9.17, 15) is 13.2 Å². The SMILES string of the molecule is Cc1cc(CCl)c(OC(F)(F)F)nc1I. The Balaban J connectivity index is 3.11. The van der Waals surface area contributed by atoms with Gasteiger partial charge in [-0.1, -0.05) is 0 Å². The molecule has 0 radical (unpaired) electrons. The molecule has 0 aliphatic rings. The second-order valence-corrected chi connectivity index (χ2v) is 4.03. The molecule has 0 spiro atoms. The molecule has 0 bridgehead atoms. The lowest BCUT2D eigenvalue weighted by Crippen LogP contribution is -2.19. The minimum absolute atomic E-state index is 0.0732. The van der Waals surface area contributed by atoms with E-state index in [1.54, 1.807) is 6.92 Å². The summed E-state index contributed by atoms with van der Waals surface area (Å²) < 4.78 is 40.2. The van der Waals surface area contributed by atoms with Gasteiger partial charge in [-0.15, -0.1) is 24.8 Å². The Bertz CT molecular complexity index is 370. The van der Waals surface area contributed by atoms with Crippen molar-refractivity contribution in [2.24, 2.45) is 0 Å². The zero-order valence-electron chi connectivity index (χ0n) is 7.53. The van der Waals surface area contributed by atoms with Crippen LogP contribution in [0.2, 0.25) is 0 Å². The van der Waals surface area contributed by atoms with E-state index in [-0.39, 0.29) is 11.4 Å². The third kappa shape index (κ3) is 3.67. The highest BCUT2D eigenvalue weighted by Crippen LogP contribution is 2.27. The lowest BCUT2D eigenvalue weighted by atomic mass is 10.2. The van der Waals surface area contributed by atoms with E-state index >= 15 is 0 Å². The fourth-order valence-corrected chi connectivity index (χ4v) is 1.49. The molecule has 0 aromatic carbocycles. The molecule has 1 aromatic heterocycles. The number of nitrogens with zero attached hydrogens (tertiary/aromatic N) is 1. The van der Waals surface area contributed by atoms with Gasteiger partial charge >= 0.3 is 6.36 Å². The average Bonchev–Trinajstić information content (AvgIpc) is 2.08. The van der Waals surface area contributed by atoms with Crippen LogP contribution in [-0.4, -0.2) is 11.3 Å². The van der Waals surface area contributed by atoms with Crippen LogP contribution in [-0.2, 0) is 5.88 Å². The van der Waals surface area contributed by atoms with Gasteiger partial charge in [-0.3, -0.25) is 0 Å². The molecule has 84 valence electrons. The van der Waals surface area contributed by atoms with E-state index in [0.717, 1.165) is 5.56 Å². The number of ether oxygens (including phenoxy) is 1. The van der Waals surface area contributed by atoms with E-state index in [0.29, 0.717) is 3.70 Å². The molecule has 0 aliphatic heterocycles. The van der Waals surface area contributed by atoms with Crippen LogP contribution in [0.5, 0.6) is 5.88 Å². The van der Waals surface area contributed by atoms with Crippen LogP contribution in [0.15, 0.2) is 6.07 Å². The zero-order valence-corrected chi connectivity index (χ0v) is 10.4. The fourth-order valence-electron chi connectivity index (χ4n) is 0.925. The molecular formula is C8H6ClF3INO. The highest BCUT2D eigenvalue weighted by atomic mass is 127. The van der Waals surface area contributed by atoms with Crippen molar-refractivity contribution in [3.8, 4) is 5.88 Å². The normalized spacial score (nSPS) is 11.6. The number of pyridine rings is 1. The molecule has 0 N–H and O–H groups in total. The predicted molar refractivity (Wildman–Crippen MR) is 57.9 cm³/mol. The van der Waals surface area contributed by atoms with Crippen molar-refractivity contribution >= 4 is 34.2 Å². The zero-order chi connectivity index (χ0) is 11.6. The highest BCUT2D eigenvalue weighted by molar-refractivity contribution is 14.1. The third-order valence-electron chi connectivity index (χ3n) is 1.55. The molecule has 15 heavy (non-hydrogen) atoms. The number of hydrogen-bond donors (Lipinski definition) is 0. The summed E-state index contributed by atoms with van der Waals surface area (Å²) in [5, 5.41) is 0. The van der Waals surface area contributed by atoms with E-state index in [1.165, 1.54) is 6.07 Å². The standard InChI is InChI=1S/C8H6ClF3INO/c1-4-2-5(3-9)7(14-6(4)13)15-8(10,11)12/h2H,3H2,1H3. The van der Waals surface area contributed by atoms with Crippen molar-refractivity contribution in [3.05, 3.63) is 20.9 Å². The molecule has 0 aliphatic carbocycles. The van der Waals surface area contributed by atoms with Gasteiger partial charge in [-0.25, -0.2) is 4.98 Å². The van der Waals surface area contributed by atoms with Crippen LogP contribution < -0.4 is 4.74 Å². The van der Waals surface area contributed by atoms with Gasteiger partial charge in [0.2, 0.25) is 5.88 Å². The van der Waals surface area contributed by atoms with Gasteiger partial charge in [0.25, 0.3) is 0 Å². The molecule has 0 atom stereocenters. The van der Waals surface area contributed by atoms with E-state index in [2.05, 4.69) is 9.72 Å². The van der Waals surface area contributed by atoms with Gasteiger partial charge in [0, 0.05) is 5.56 Å². The third-order valence-corrected chi connectivity index (χ3v) is 2.93. The summed E-state index contributed by atoms with van der Waals surface area (Å²) in [6.45, 7) is 1.74. The molecule has 0 amide bonds. The largest absolute Gasteiger partial charge is 0.574 e. The minimum atomic E-state index is -4.74. The van der Waals surface area contributed by atoms with Crippen LogP contribution in [0, 0.1) is 10.6 Å². The lowest BCUT2D eigenvalue weighted by Gasteiger charge is -2.12. The first-order chi connectivity index (χ1) is 6.83. The summed E-state index contributed by atoms with van der Waals surface area (Å²) in [6.07, 6.45) is -4.74. The number of alkyl halides is 4. The monoisotopic (exact) mass is 351 g/mol. The van der Waals surface area contributed by atoms with Crippen LogP contribution >= 0.6 is 34.2 Å². The summed E-state index contributed by atoms with van der Waals surface area (Å²) in [6, 6.07) is 1.53. The van der Waals surface area contributed by atoms with Gasteiger partial charge in [0.15, 0.2) is 0 Å². The molecular weight excluding hydrogens is 345 g/mol. The minimum Gasteiger partial charge on any atom is -0.387 e. The second kappa shape index (κ2) is 4.73. The molecule has 1 aromatic rings. The molecule has 0 saturated carbocycles. The summed E-state index contributed by atoms with van der Waals surface area (Å²) in [5.41, 5.74) is 0.993. The molecule has 0 unspecified atom stereocenters. The summed E-state index contributed by atoms with van der Waals surface area (Å²) in [5.74, 6) is -0.552. The van der Waals surface area contributed by atoms with Crippen molar-refractivity contribution in [1.82, 2.24) is 4.98 Å². The first-order valence-electron chi connectivity index (χ1n) is 3.81. The Kier molecular flexibility index (Phi) is 4.05. The molecule has 1 rings (SSSR count). The Morgan fingerprint density at radius 1 is 1.53 bits per heavy atom. The Morgan fingerprint density at radius 3 is 2.60 bits per heavy atom. The first-order valence-corrected chi connectivity index (χ1v) is 5.42. The smallest absolute Gasteiger partial charge is 0.387 e.